The molecule has 2 aromatic rings. The number of hydrogen-bond acceptors (Lipinski definition) is 6. The number of aryl methyl sites for hydroxylation is 1. The summed E-state index contributed by atoms with van der Waals surface area (Å²) in [6.45, 7) is 1.52. The molecule has 28 heavy (non-hydrogen) atoms. The first-order chi connectivity index (χ1) is 13.0. The summed E-state index contributed by atoms with van der Waals surface area (Å²) in [6.07, 6.45) is 0.0645. The SMILES string of the molecule is Cc1nc(SC(F)F)[nH]c(=O)c1CCC(=O)Nc1ccc(CS(N)(=O)=O)cc1. The van der Waals surface area contributed by atoms with Crippen LogP contribution in [0, 0.1) is 6.92 Å². The predicted octanol–water partition coefficient (Wildman–Crippen LogP) is 1.75. The number of anilines is 1. The lowest BCUT2D eigenvalue weighted by molar-refractivity contribution is -0.116. The van der Waals surface area contributed by atoms with Gasteiger partial charge in [-0.15, -0.1) is 0 Å². The number of benzene rings is 1. The summed E-state index contributed by atoms with van der Waals surface area (Å²) in [4.78, 5) is 30.3. The number of halogens is 2. The van der Waals surface area contributed by atoms with Gasteiger partial charge in [-0.2, -0.15) is 8.78 Å². The molecule has 0 saturated carbocycles. The Labute approximate surface area is 164 Å². The van der Waals surface area contributed by atoms with E-state index in [4.69, 9.17) is 5.14 Å². The summed E-state index contributed by atoms with van der Waals surface area (Å²) in [5, 5.41) is 7.42. The second-order valence-corrected chi connectivity index (χ2v) is 8.46. The van der Waals surface area contributed by atoms with Gasteiger partial charge in [0, 0.05) is 23.4 Å². The maximum Gasteiger partial charge on any atom is 0.291 e. The van der Waals surface area contributed by atoms with Crippen molar-refractivity contribution in [2.24, 2.45) is 5.14 Å². The van der Waals surface area contributed by atoms with Crippen LogP contribution in [0.1, 0.15) is 23.2 Å². The smallest absolute Gasteiger partial charge is 0.291 e. The minimum Gasteiger partial charge on any atom is -0.326 e. The van der Waals surface area contributed by atoms with Crippen molar-refractivity contribution in [1.82, 2.24) is 9.97 Å². The highest BCUT2D eigenvalue weighted by Crippen LogP contribution is 2.21. The molecule has 4 N–H and O–H groups in total. The molecular formula is C16H18F2N4O4S2. The molecular weight excluding hydrogens is 414 g/mol. The highest BCUT2D eigenvalue weighted by molar-refractivity contribution is 7.99. The van der Waals surface area contributed by atoms with Crippen LogP contribution in [0.15, 0.2) is 34.2 Å². The number of primary sulfonamides is 1. The van der Waals surface area contributed by atoms with Crippen molar-refractivity contribution in [1.29, 1.82) is 0 Å². The van der Waals surface area contributed by atoms with Gasteiger partial charge in [0.1, 0.15) is 0 Å². The zero-order chi connectivity index (χ0) is 20.9. The molecule has 0 fully saturated rings. The summed E-state index contributed by atoms with van der Waals surface area (Å²) in [5.41, 5.74) is 0.909. The molecule has 1 heterocycles. The third-order valence-corrected chi connectivity index (χ3v) is 4.94. The van der Waals surface area contributed by atoms with Crippen LogP contribution in [-0.2, 0) is 27.0 Å². The largest absolute Gasteiger partial charge is 0.326 e. The Balaban J connectivity index is 1.96. The van der Waals surface area contributed by atoms with Crippen LogP contribution in [0.25, 0.3) is 0 Å². The van der Waals surface area contributed by atoms with Crippen LogP contribution >= 0.6 is 11.8 Å². The predicted molar refractivity (Wildman–Crippen MR) is 102 cm³/mol. The fourth-order valence-corrected chi connectivity index (χ4v) is 3.56. The molecule has 2 rings (SSSR count). The minimum atomic E-state index is -3.64. The quantitative estimate of drug-likeness (QED) is 0.430. The monoisotopic (exact) mass is 432 g/mol. The van der Waals surface area contributed by atoms with Gasteiger partial charge >= 0.3 is 0 Å². The van der Waals surface area contributed by atoms with E-state index in [1.807, 2.05) is 0 Å². The zero-order valence-corrected chi connectivity index (χ0v) is 16.4. The molecule has 1 aromatic heterocycles. The van der Waals surface area contributed by atoms with Gasteiger partial charge in [0.05, 0.1) is 5.75 Å². The van der Waals surface area contributed by atoms with Crippen LogP contribution in [0.5, 0.6) is 0 Å². The van der Waals surface area contributed by atoms with Gasteiger partial charge < -0.3 is 10.3 Å². The Bertz CT molecular complexity index is 1010. The molecule has 0 radical (unpaired) electrons. The van der Waals surface area contributed by atoms with Gasteiger partial charge in [-0.1, -0.05) is 12.1 Å². The summed E-state index contributed by atoms with van der Waals surface area (Å²) >= 11 is 0.141. The lowest BCUT2D eigenvalue weighted by Gasteiger charge is -2.08. The number of aromatic amines is 1. The van der Waals surface area contributed by atoms with Crippen LogP contribution in [-0.4, -0.2) is 30.1 Å². The number of carbonyl (C=O) groups excluding carboxylic acids is 1. The second kappa shape index (κ2) is 9.26. The average molecular weight is 432 g/mol. The third-order valence-electron chi connectivity index (χ3n) is 3.61. The van der Waals surface area contributed by atoms with Gasteiger partial charge in [-0.25, -0.2) is 18.5 Å². The van der Waals surface area contributed by atoms with Crippen LogP contribution in [0.4, 0.5) is 14.5 Å². The highest BCUT2D eigenvalue weighted by atomic mass is 32.2. The third kappa shape index (κ3) is 7.02. The molecule has 0 atom stereocenters. The molecule has 0 aliphatic heterocycles. The number of nitrogens with two attached hydrogens (primary N) is 1. The van der Waals surface area contributed by atoms with E-state index in [-0.39, 0.29) is 52.7 Å². The normalized spacial score (nSPS) is 11.6. The minimum absolute atomic E-state index is 0.0220. The van der Waals surface area contributed by atoms with Gasteiger partial charge in [-0.3, -0.25) is 9.59 Å². The molecule has 1 amide bonds. The molecule has 8 nitrogen and oxygen atoms in total. The van der Waals surface area contributed by atoms with E-state index in [9.17, 15) is 26.8 Å². The van der Waals surface area contributed by atoms with Crippen LogP contribution in [0.2, 0.25) is 0 Å². The lowest BCUT2D eigenvalue weighted by Crippen LogP contribution is -2.20. The van der Waals surface area contributed by atoms with Crippen LogP contribution < -0.4 is 16.0 Å². The summed E-state index contributed by atoms with van der Waals surface area (Å²) in [7, 11) is -3.64. The maximum atomic E-state index is 12.4. The van der Waals surface area contributed by atoms with E-state index in [0.29, 0.717) is 11.3 Å². The summed E-state index contributed by atoms with van der Waals surface area (Å²) in [5.74, 6) is -3.38. The number of carbonyl (C=O) groups is 1. The molecule has 0 aliphatic rings. The van der Waals surface area contributed by atoms with Crippen LogP contribution in [0.3, 0.4) is 0 Å². The first-order valence-electron chi connectivity index (χ1n) is 7.97. The first kappa shape index (κ1) is 22.0. The van der Waals surface area contributed by atoms with E-state index in [2.05, 4.69) is 15.3 Å². The maximum absolute atomic E-state index is 12.4. The molecule has 0 aliphatic carbocycles. The fraction of sp³-hybridized carbons (Fsp3) is 0.312. The molecule has 152 valence electrons. The Morgan fingerprint density at radius 1 is 1.32 bits per heavy atom. The number of nitrogens with one attached hydrogen (secondary N) is 2. The summed E-state index contributed by atoms with van der Waals surface area (Å²) < 4.78 is 46.8. The molecule has 1 aromatic carbocycles. The number of thioether (sulfide) groups is 1. The van der Waals surface area contributed by atoms with Crippen molar-refractivity contribution in [3.63, 3.8) is 0 Å². The standard InChI is InChI=1S/C16H18F2N4O4S2/c1-9-12(14(24)22-16(20-9)27-15(17)18)6-7-13(23)21-11-4-2-10(3-5-11)8-28(19,25)26/h2-5,15H,6-8H2,1H3,(H,21,23)(H2,19,25,26)(H,20,22,24). The molecule has 0 unspecified atom stereocenters. The number of sulfonamides is 1. The van der Waals surface area contributed by atoms with Crippen molar-refractivity contribution in [3.05, 3.63) is 51.4 Å². The molecule has 12 heteroatoms. The van der Waals surface area contributed by atoms with Crippen molar-refractivity contribution in [3.8, 4) is 0 Å². The van der Waals surface area contributed by atoms with Crippen molar-refractivity contribution in [2.75, 3.05) is 5.32 Å². The molecule has 0 spiro atoms. The summed E-state index contributed by atoms with van der Waals surface area (Å²) in [6, 6.07) is 6.12. The Morgan fingerprint density at radius 2 is 1.96 bits per heavy atom. The average Bonchev–Trinajstić information content (AvgIpc) is 2.54. The Hall–Kier alpha value is -2.31. The number of aromatic nitrogens is 2. The first-order valence-corrected chi connectivity index (χ1v) is 10.6. The number of nitrogens with zero attached hydrogens (tertiary/aromatic N) is 1. The highest BCUT2D eigenvalue weighted by Gasteiger charge is 2.14. The Morgan fingerprint density at radius 3 is 2.50 bits per heavy atom. The van der Waals surface area contributed by atoms with E-state index in [1.165, 1.54) is 31.2 Å². The van der Waals surface area contributed by atoms with Crippen molar-refractivity contribution in [2.45, 2.75) is 36.4 Å². The molecule has 0 saturated heterocycles. The Kier molecular flexibility index (Phi) is 7.27. The lowest BCUT2D eigenvalue weighted by atomic mass is 10.1. The number of rotatable bonds is 8. The number of H-pyrrole nitrogens is 1. The van der Waals surface area contributed by atoms with Gasteiger partial charge in [-0.05, 0) is 42.8 Å². The fourth-order valence-electron chi connectivity index (χ4n) is 2.40. The van der Waals surface area contributed by atoms with E-state index >= 15 is 0 Å². The second-order valence-electron chi connectivity index (χ2n) is 5.87. The van der Waals surface area contributed by atoms with Gasteiger partial charge in [0.25, 0.3) is 11.3 Å². The number of alkyl halides is 2. The van der Waals surface area contributed by atoms with Crippen molar-refractivity contribution >= 4 is 33.4 Å². The van der Waals surface area contributed by atoms with Crippen molar-refractivity contribution < 1.29 is 22.0 Å². The zero-order valence-electron chi connectivity index (χ0n) is 14.7. The van der Waals surface area contributed by atoms with E-state index < -0.39 is 21.3 Å². The van der Waals surface area contributed by atoms with E-state index in [1.54, 1.807) is 0 Å². The van der Waals surface area contributed by atoms with Gasteiger partial charge in [0.2, 0.25) is 15.9 Å². The van der Waals surface area contributed by atoms with Gasteiger partial charge in [0.15, 0.2) is 5.16 Å². The number of hydrogen-bond donors (Lipinski definition) is 3. The number of amides is 1. The topological polar surface area (TPSA) is 135 Å². The van der Waals surface area contributed by atoms with E-state index in [0.717, 1.165) is 0 Å². The molecule has 0 bridgehead atoms.